The molecule has 0 aliphatic heterocycles. The van der Waals surface area contributed by atoms with Crippen molar-refractivity contribution in [2.75, 3.05) is 24.8 Å². The smallest absolute Gasteiger partial charge is 0.341 e. The van der Waals surface area contributed by atoms with E-state index in [2.05, 4.69) is 20.8 Å². The number of benzene rings is 1. The first-order valence-corrected chi connectivity index (χ1v) is 11.7. The van der Waals surface area contributed by atoms with Crippen molar-refractivity contribution in [3.05, 3.63) is 53.6 Å². The van der Waals surface area contributed by atoms with Gasteiger partial charge in [0.2, 0.25) is 11.1 Å². The van der Waals surface area contributed by atoms with Crippen LogP contribution >= 0.6 is 23.1 Å². The molecule has 3 aromatic heterocycles. The molecule has 0 aliphatic carbocycles. The molecule has 0 aliphatic rings. The highest BCUT2D eigenvalue weighted by molar-refractivity contribution is 7.99. The molecule has 0 saturated heterocycles. The third-order valence-electron chi connectivity index (χ3n) is 4.40. The highest BCUT2D eigenvalue weighted by Crippen LogP contribution is 2.36. The lowest BCUT2D eigenvalue weighted by molar-refractivity contribution is -0.113. The fourth-order valence-corrected chi connectivity index (χ4v) is 4.62. The van der Waals surface area contributed by atoms with E-state index < -0.39 is 5.97 Å². The third-order valence-corrected chi connectivity index (χ3v) is 6.21. The Kier molecular flexibility index (Phi) is 7.05. The largest absolute Gasteiger partial charge is 0.494 e. The van der Waals surface area contributed by atoms with E-state index in [1.807, 2.05) is 18.2 Å². The number of thiophene rings is 1. The van der Waals surface area contributed by atoms with E-state index in [9.17, 15) is 9.59 Å². The highest BCUT2D eigenvalue weighted by atomic mass is 32.2. The van der Waals surface area contributed by atoms with Crippen LogP contribution in [-0.2, 0) is 9.53 Å². The molecule has 0 fully saturated rings. The second-order valence-electron chi connectivity index (χ2n) is 6.43. The van der Waals surface area contributed by atoms with Gasteiger partial charge in [0.15, 0.2) is 0 Å². The van der Waals surface area contributed by atoms with Crippen molar-refractivity contribution in [2.45, 2.75) is 12.1 Å². The van der Waals surface area contributed by atoms with Crippen LogP contribution < -0.4 is 10.1 Å². The molecule has 4 rings (SSSR count). The normalized spacial score (nSPS) is 10.7. The van der Waals surface area contributed by atoms with E-state index >= 15 is 0 Å². The van der Waals surface area contributed by atoms with Crippen LogP contribution in [0, 0.1) is 0 Å². The van der Waals surface area contributed by atoms with Crippen LogP contribution in [0.2, 0.25) is 0 Å². The Morgan fingerprint density at radius 2 is 2.09 bits per heavy atom. The van der Waals surface area contributed by atoms with Gasteiger partial charge in [-0.15, -0.1) is 16.4 Å². The Hall–Kier alpha value is -3.64. The quantitative estimate of drug-likeness (QED) is 0.278. The Morgan fingerprint density at radius 1 is 1.24 bits per heavy atom. The van der Waals surface area contributed by atoms with E-state index in [4.69, 9.17) is 13.9 Å². The summed E-state index contributed by atoms with van der Waals surface area (Å²) in [7, 11) is 1.56. The van der Waals surface area contributed by atoms with Crippen molar-refractivity contribution in [3.63, 3.8) is 0 Å². The Labute approximate surface area is 196 Å². The number of carbonyl (C=O) groups is 2. The number of nitrogens with zero attached hydrogens (tertiary/aromatic N) is 4. The molecule has 3 heterocycles. The minimum absolute atomic E-state index is 0.0196. The van der Waals surface area contributed by atoms with Gasteiger partial charge < -0.3 is 19.2 Å². The molecule has 0 unspecified atom stereocenters. The number of para-hydroxylation sites is 2. The number of esters is 1. The molecule has 4 aromatic rings. The minimum atomic E-state index is -0.534. The molecule has 1 N–H and O–H groups in total. The van der Waals surface area contributed by atoms with Gasteiger partial charge in [0.05, 0.1) is 25.7 Å². The number of ether oxygens (including phenoxy) is 2. The summed E-state index contributed by atoms with van der Waals surface area (Å²) in [6.07, 6.45) is 1.52. The number of aromatic nitrogens is 4. The van der Waals surface area contributed by atoms with E-state index in [0.29, 0.717) is 32.9 Å². The van der Waals surface area contributed by atoms with Crippen molar-refractivity contribution in [3.8, 4) is 22.8 Å². The molecule has 33 heavy (non-hydrogen) atoms. The highest BCUT2D eigenvalue weighted by Gasteiger charge is 2.24. The first-order chi connectivity index (χ1) is 16.1. The van der Waals surface area contributed by atoms with E-state index in [-0.39, 0.29) is 23.8 Å². The zero-order valence-electron chi connectivity index (χ0n) is 17.7. The topological polar surface area (TPSA) is 121 Å². The number of hydrogen-bond acceptors (Lipinski definition) is 10. The lowest BCUT2D eigenvalue weighted by atomic mass is 10.1. The third kappa shape index (κ3) is 4.91. The number of anilines is 1. The van der Waals surface area contributed by atoms with Crippen molar-refractivity contribution < 1.29 is 23.5 Å². The molecule has 1 amide bonds. The number of tetrazole rings is 1. The lowest BCUT2D eigenvalue weighted by Gasteiger charge is -2.09. The van der Waals surface area contributed by atoms with Crippen molar-refractivity contribution >= 4 is 40.0 Å². The number of nitrogens with one attached hydrogen (secondary N) is 1. The fourth-order valence-electron chi connectivity index (χ4n) is 2.99. The molecule has 0 radical (unpaired) electrons. The van der Waals surface area contributed by atoms with Crippen molar-refractivity contribution in [1.82, 2.24) is 20.2 Å². The molecular weight excluding hydrogens is 466 g/mol. The minimum Gasteiger partial charge on any atom is -0.494 e. The van der Waals surface area contributed by atoms with Crippen LogP contribution in [0.25, 0.3) is 17.0 Å². The Morgan fingerprint density at radius 3 is 2.85 bits per heavy atom. The second kappa shape index (κ2) is 10.3. The van der Waals surface area contributed by atoms with Gasteiger partial charge in [-0.3, -0.25) is 4.79 Å². The van der Waals surface area contributed by atoms with Crippen LogP contribution in [0.5, 0.6) is 5.75 Å². The number of methoxy groups -OCH3 is 1. The lowest BCUT2D eigenvalue weighted by Crippen LogP contribution is -2.16. The SMILES string of the molecule is CCOC(=O)c1c(-c2ccco2)csc1NC(=O)CSc1nnnn1-c1ccccc1OC. The van der Waals surface area contributed by atoms with Gasteiger partial charge >= 0.3 is 5.97 Å². The van der Waals surface area contributed by atoms with Gasteiger partial charge in [-0.25, -0.2) is 4.79 Å². The van der Waals surface area contributed by atoms with Gasteiger partial charge in [0, 0.05) is 10.9 Å². The number of amides is 1. The number of hydrogen-bond donors (Lipinski definition) is 1. The maximum atomic E-state index is 12.7. The van der Waals surface area contributed by atoms with E-state index in [1.165, 1.54) is 22.3 Å². The first kappa shape index (κ1) is 22.6. The Balaban J connectivity index is 1.50. The van der Waals surface area contributed by atoms with Crippen LogP contribution in [0.15, 0.2) is 57.6 Å². The van der Waals surface area contributed by atoms with Gasteiger partial charge in [0.1, 0.15) is 27.8 Å². The molecular formula is C21H19N5O5S2. The first-order valence-electron chi connectivity index (χ1n) is 9.79. The standard InChI is InChI=1S/C21H19N5O5S2/c1-3-30-20(28)18-13(15-9-6-10-31-15)11-32-19(18)22-17(27)12-33-21-23-24-25-26(21)14-7-4-5-8-16(14)29-2/h4-11H,3,12H2,1-2H3,(H,22,27). The van der Waals surface area contributed by atoms with Crippen LogP contribution in [0.4, 0.5) is 5.00 Å². The second-order valence-corrected chi connectivity index (χ2v) is 8.26. The summed E-state index contributed by atoms with van der Waals surface area (Å²) in [5.41, 5.74) is 1.47. The molecule has 0 atom stereocenters. The number of furan rings is 1. The van der Waals surface area contributed by atoms with E-state index in [0.717, 1.165) is 11.8 Å². The van der Waals surface area contributed by atoms with Gasteiger partial charge in [-0.05, 0) is 41.6 Å². The summed E-state index contributed by atoms with van der Waals surface area (Å²) in [6, 6.07) is 10.7. The summed E-state index contributed by atoms with van der Waals surface area (Å²) in [5.74, 6) is 0.270. The van der Waals surface area contributed by atoms with Crippen LogP contribution in [-0.4, -0.2) is 51.6 Å². The molecule has 10 nitrogen and oxygen atoms in total. The molecule has 1 aromatic carbocycles. The summed E-state index contributed by atoms with van der Waals surface area (Å²) in [4.78, 5) is 25.3. The Bertz CT molecular complexity index is 1250. The molecule has 12 heteroatoms. The van der Waals surface area contributed by atoms with Crippen molar-refractivity contribution in [2.24, 2.45) is 0 Å². The predicted molar refractivity (Wildman–Crippen MR) is 123 cm³/mol. The summed E-state index contributed by atoms with van der Waals surface area (Å²) >= 11 is 2.37. The summed E-state index contributed by atoms with van der Waals surface area (Å²) in [6.45, 7) is 1.93. The average molecular weight is 486 g/mol. The number of carbonyl (C=O) groups excluding carboxylic acids is 2. The van der Waals surface area contributed by atoms with Gasteiger partial charge in [-0.2, -0.15) is 4.68 Å². The predicted octanol–water partition coefficient (Wildman–Crippen LogP) is 3.90. The zero-order valence-corrected chi connectivity index (χ0v) is 19.3. The molecule has 0 bridgehead atoms. The fraction of sp³-hybridized carbons (Fsp3) is 0.190. The summed E-state index contributed by atoms with van der Waals surface area (Å²) in [5, 5.41) is 17.1. The van der Waals surface area contributed by atoms with Gasteiger partial charge in [0.25, 0.3) is 0 Å². The molecule has 0 spiro atoms. The molecule has 0 saturated carbocycles. The monoisotopic (exact) mass is 485 g/mol. The zero-order chi connectivity index (χ0) is 23.2. The average Bonchev–Trinajstić information content (AvgIpc) is 3.58. The van der Waals surface area contributed by atoms with E-state index in [1.54, 1.807) is 37.6 Å². The van der Waals surface area contributed by atoms with Gasteiger partial charge in [-0.1, -0.05) is 23.9 Å². The number of rotatable bonds is 9. The maximum absolute atomic E-state index is 12.7. The number of thioether (sulfide) groups is 1. The molecule has 170 valence electrons. The summed E-state index contributed by atoms with van der Waals surface area (Å²) < 4.78 is 17.5. The van der Waals surface area contributed by atoms with Crippen LogP contribution in [0.3, 0.4) is 0 Å². The van der Waals surface area contributed by atoms with Crippen LogP contribution in [0.1, 0.15) is 17.3 Å². The van der Waals surface area contributed by atoms with Crippen molar-refractivity contribution in [1.29, 1.82) is 0 Å². The maximum Gasteiger partial charge on any atom is 0.341 e.